The van der Waals surface area contributed by atoms with Crippen molar-refractivity contribution in [3.8, 4) is 0 Å². The quantitative estimate of drug-likeness (QED) is 0.880. The maximum atomic E-state index is 13.1. The van der Waals surface area contributed by atoms with Crippen molar-refractivity contribution < 1.29 is 4.79 Å². The number of nitrogens with one attached hydrogen (secondary N) is 1. The number of amides is 1. The molecule has 5 aliphatic rings. The first-order chi connectivity index (χ1) is 13.1. The molecule has 6 heteroatoms. The molecule has 0 unspecified atom stereocenters. The average Bonchev–Trinajstić information content (AvgIpc) is 2.67. The van der Waals surface area contributed by atoms with E-state index in [9.17, 15) is 4.79 Å². The van der Waals surface area contributed by atoms with E-state index in [0.717, 1.165) is 49.9 Å². The van der Waals surface area contributed by atoms with Gasteiger partial charge in [0, 0.05) is 44.1 Å². The predicted molar refractivity (Wildman–Crippen MR) is 104 cm³/mol. The Hall–Kier alpha value is -1.69. The topological polar surface area (TPSA) is 61.4 Å². The first-order valence-electron chi connectivity index (χ1n) is 10.7. The molecule has 6 rings (SSSR count). The fourth-order valence-electron chi connectivity index (χ4n) is 6.56. The Morgan fingerprint density at radius 3 is 2.15 bits per heavy atom. The van der Waals surface area contributed by atoms with Crippen LogP contribution in [0.2, 0.25) is 0 Å². The third kappa shape index (κ3) is 3.33. The number of piperazine rings is 1. The van der Waals surface area contributed by atoms with Gasteiger partial charge in [0.15, 0.2) is 0 Å². The molecule has 2 heterocycles. The van der Waals surface area contributed by atoms with Crippen molar-refractivity contribution in [2.45, 2.75) is 57.0 Å². The van der Waals surface area contributed by atoms with Gasteiger partial charge in [0.25, 0.3) is 0 Å². The molecule has 0 aromatic carbocycles. The van der Waals surface area contributed by atoms with E-state index < -0.39 is 0 Å². The molecule has 146 valence electrons. The largest absolute Gasteiger partial charge is 0.349 e. The smallest absolute Gasteiger partial charge is 0.237 e. The Bertz CT molecular complexity index is 650. The summed E-state index contributed by atoms with van der Waals surface area (Å²) in [5.74, 6) is 3.62. The second kappa shape index (κ2) is 6.73. The van der Waals surface area contributed by atoms with E-state index in [1.165, 1.54) is 38.5 Å². The molecule has 1 N–H and O–H groups in total. The molecule has 0 spiro atoms. The number of anilines is 1. The van der Waals surface area contributed by atoms with E-state index in [4.69, 9.17) is 0 Å². The lowest BCUT2D eigenvalue weighted by molar-refractivity contribution is -0.131. The Morgan fingerprint density at radius 1 is 1.04 bits per heavy atom. The van der Waals surface area contributed by atoms with Gasteiger partial charge in [-0.15, -0.1) is 0 Å². The molecule has 0 radical (unpaired) electrons. The van der Waals surface area contributed by atoms with Crippen molar-refractivity contribution in [3.63, 3.8) is 0 Å². The summed E-state index contributed by atoms with van der Waals surface area (Å²) in [6, 6.07) is 1.79. The molecule has 27 heavy (non-hydrogen) atoms. The van der Waals surface area contributed by atoms with E-state index in [1.807, 2.05) is 6.07 Å². The summed E-state index contributed by atoms with van der Waals surface area (Å²) in [6.45, 7) is 5.59. The molecule has 1 aromatic heterocycles. The third-order valence-electron chi connectivity index (χ3n) is 7.50. The zero-order valence-electron chi connectivity index (χ0n) is 16.3. The first-order valence-corrected chi connectivity index (χ1v) is 10.7. The van der Waals surface area contributed by atoms with Gasteiger partial charge in [-0.05, 0) is 69.3 Å². The number of aromatic nitrogens is 2. The Balaban J connectivity index is 1.18. The molecule has 4 saturated carbocycles. The van der Waals surface area contributed by atoms with Crippen molar-refractivity contribution in [2.24, 2.45) is 17.8 Å². The third-order valence-corrected chi connectivity index (χ3v) is 7.50. The second-order valence-corrected chi connectivity index (χ2v) is 9.43. The minimum absolute atomic E-state index is 0.0585. The van der Waals surface area contributed by atoms with Crippen LogP contribution in [0.15, 0.2) is 18.5 Å². The van der Waals surface area contributed by atoms with E-state index in [2.05, 4.69) is 32.0 Å². The van der Waals surface area contributed by atoms with Crippen molar-refractivity contribution >= 4 is 11.9 Å². The molecular formula is C21H31N5O. The zero-order valence-corrected chi connectivity index (χ0v) is 16.3. The van der Waals surface area contributed by atoms with Gasteiger partial charge in [-0.25, -0.2) is 9.97 Å². The number of nitrogens with zero attached hydrogens (tertiary/aromatic N) is 4. The summed E-state index contributed by atoms with van der Waals surface area (Å²) in [5, 5.41) is 3.55. The second-order valence-electron chi connectivity index (χ2n) is 9.43. The van der Waals surface area contributed by atoms with Gasteiger partial charge < -0.3 is 10.2 Å². The van der Waals surface area contributed by atoms with Crippen LogP contribution in [0.1, 0.15) is 45.4 Å². The Labute approximate surface area is 161 Å². The highest BCUT2D eigenvalue weighted by atomic mass is 16.2. The van der Waals surface area contributed by atoms with Crippen molar-refractivity contribution in [2.75, 3.05) is 31.1 Å². The summed E-state index contributed by atoms with van der Waals surface area (Å²) >= 11 is 0. The molecule has 1 saturated heterocycles. The van der Waals surface area contributed by atoms with E-state index >= 15 is 0 Å². The maximum absolute atomic E-state index is 13.1. The molecule has 4 aliphatic carbocycles. The van der Waals surface area contributed by atoms with Crippen molar-refractivity contribution in [3.05, 3.63) is 18.5 Å². The van der Waals surface area contributed by atoms with Crippen LogP contribution in [0.3, 0.4) is 0 Å². The summed E-state index contributed by atoms with van der Waals surface area (Å²) < 4.78 is 0. The highest BCUT2D eigenvalue weighted by molar-refractivity contribution is 5.82. The minimum Gasteiger partial charge on any atom is -0.349 e. The van der Waals surface area contributed by atoms with E-state index in [-0.39, 0.29) is 17.5 Å². The maximum Gasteiger partial charge on any atom is 0.237 e. The van der Waals surface area contributed by atoms with Crippen LogP contribution in [0.25, 0.3) is 0 Å². The normalized spacial score (nSPS) is 36.6. The van der Waals surface area contributed by atoms with Gasteiger partial charge >= 0.3 is 0 Å². The van der Waals surface area contributed by atoms with Gasteiger partial charge in [-0.1, -0.05) is 0 Å². The first kappa shape index (κ1) is 17.4. The number of rotatable bonds is 4. The van der Waals surface area contributed by atoms with Gasteiger partial charge in [0.1, 0.15) is 0 Å². The molecule has 1 aromatic rings. The highest BCUT2D eigenvalue weighted by Crippen LogP contribution is 2.55. The summed E-state index contributed by atoms with van der Waals surface area (Å²) in [4.78, 5) is 26.3. The Kier molecular flexibility index (Phi) is 4.34. The van der Waals surface area contributed by atoms with E-state index in [1.54, 1.807) is 12.4 Å². The molecule has 6 nitrogen and oxygen atoms in total. The van der Waals surface area contributed by atoms with E-state index in [0.29, 0.717) is 0 Å². The molecular weight excluding hydrogens is 338 g/mol. The highest BCUT2D eigenvalue weighted by Gasteiger charge is 2.51. The molecule has 1 amide bonds. The molecule has 5 fully saturated rings. The van der Waals surface area contributed by atoms with Crippen LogP contribution in [-0.4, -0.2) is 58.5 Å². The van der Waals surface area contributed by atoms with Crippen LogP contribution < -0.4 is 10.2 Å². The van der Waals surface area contributed by atoms with Gasteiger partial charge in [0.2, 0.25) is 11.9 Å². The number of carbonyl (C=O) groups is 1. The molecule has 1 aliphatic heterocycles. The minimum atomic E-state index is -0.0585. The SMILES string of the molecule is C[C@H](C(=O)NC12CC3CC(CC(C3)C1)C2)N1CCN(c2ncccn2)CC1. The van der Waals surface area contributed by atoms with Crippen LogP contribution in [0, 0.1) is 17.8 Å². The number of hydrogen-bond donors (Lipinski definition) is 1. The van der Waals surface area contributed by atoms with Crippen LogP contribution in [-0.2, 0) is 4.79 Å². The molecule has 4 bridgehead atoms. The van der Waals surface area contributed by atoms with Crippen LogP contribution in [0.5, 0.6) is 0 Å². The van der Waals surface area contributed by atoms with Crippen molar-refractivity contribution in [1.29, 1.82) is 0 Å². The lowest BCUT2D eigenvalue weighted by atomic mass is 9.53. The van der Waals surface area contributed by atoms with Crippen molar-refractivity contribution in [1.82, 2.24) is 20.2 Å². The number of carbonyl (C=O) groups excluding carboxylic acids is 1. The predicted octanol–water partition coefficient (Wildman–Crippen LogP) is 2.07. The summed E-state index contributed by atoms with van der Waals surface area (Å²) in [5.41, 5.74) is 0.111. The zero-order chi connectivity index (χ0) is 18.4. The lowest BCUT2D eigenvalue weighted by Crippen LogP contribution is -2.63. The fraction of sp³-hybridized carbons (Fsp3) is 0.762. The fourth-order valence-corrected chi connectivity index (χ4v) is 6.56. The van der Waals surface area contributed by atoms with Gasteiger partial charge in [-0.3, -0.25) is 9.69 Å². The number of hydrogen-bond acceptors (Lipinski definition) is 5. The van der Waals surface area contributed by atoms with Crippen LogP contribution in [0.4, 0.5) is 5.95 Å². The standard InChI is InChI=1S/C21H31N5O/c1-15(25-5-7-26(8-6-25)20-22-3-2-4-23-20)19(27)24-21-12-16-9-17(13-21)11-18(10-16)14-21/h2-4,15-18H,5-14H2,1H3,(H,24,27)/t15-,16?,17?,18?,21?/m1/s1. The van der Waals surface area contributed by atoms with Crippen LogP contribution >= 0.6 is 0 Å². The summed E-state index contributed by atoms with van der Waals surface area (Å²) in [7, 11) is 0. The lowest BCUT2D eigenvalue weighted by Gasteiger charge is -2.57. The molecule has 1 atom stereocenters. The van der Waals surface area contributed by atoms with Gasteiger partial charge in [-0.2, -0.15) is 0 Å². The average molecular weight is 370 g/mol. The van der Waals surface area contributed by atoms with Gasteiger partial charge in [0.05, 0.1) is 6.04 Å². The Morgan fingerprint density at radius 2 is 1.59 bits per heavy atom. The monoisotopic (exact) mass is 369 g/mol. The summed E-state index contributed by atoms with van der Waals surface area (Å²) in [6.07, 6.45) is 11.5.